The maximum Gasteiger partial charge on any atom is 0.0314 e. The van der Waals surface area contributed by atoms with Crippen molar-refractivity contribution in [3.05, 3.63) is 29.8 Å². The fourth-order valence-electron chi connectivity index (χ4n) is 5.14. The van der Waals surface area contributed by atoms with Gasteiger partial charge >= 0.3 is 0 Å². The largest absolute Gasteiger partial charge is 0.399 e. The molecule has 1 nitrogen and oxygen atoms in total. The maximum atomic E-state index is 5.81. The monoisotopic (exact) mass is 313 g/mol. The third-order valence-corrected chi connectivity index (χ3v) is 6.58. The highest BCUT2D eigenvalue weighted by atomic mass is 14.5. The molecule has 1 heteroatoms. The van der Waals surface area contributed by atoms with E-state index in [1.54, 1.807) is 0 Å². The number of nitrogens with two attached hydrogens (primary N) is 1. The molecule has 2 aliphatic carbocycles. The van der Waals surface area contributed by atoms with Crippen molar-refractivity contribution in [2.75, 3.05) is 5.73 Å². The molecule has 1 aromatic rings. The standard InChI is InChI=1S/C22H35N/c1-2-3-17-4-6-18(7-5-17)16-19-8-10-20(11-9-19)21-12-14-22(23)15-13-21/h12-15,17-20H,2-11,16,23H2,1H3. The summed E-state index contributed by atoms with van der Waals surface area (Å²) in [4.78, 5) is 0. The minimum atomic E-state index is 0.784. The molecule has 2 aliphatic rings. The van der Waals surface area contributed by atoms with Crippen LogP contribution >= 0.6 is 0 Å². The molecular formula is C22H35N. The van der Waals surface area contributed by atoms with Gasteiger partial charge in [-0.25, -0.2) is 0 Å². The second-order valence-corrected chi connectivity index (χ2v) is 8.30. The van der Waals surface area contributed by atoms with Crippen molar-refractivity contribution in [2.24, 2.45) is 17.8 Å². The molecule has 0 heterocycles. The van der Waals surface area contributed by atoms with E-state index in [0.717, 1.165) is 29.4 Å². The number of rotatable bonds is 5. The first kappa shape index (κ1) is 16.9. The molecule has 0 bridgehead atoms. The molecule has 0 aliphatic heterocycles. The Labute approximate surface area is 143 Å². The van der Waals surface area contributed by atoms with Gasteiger partial charge in [0.05, 0.1) is 0 Å². The van der Waals surface area contributed by atoms with Crippen molar-refractivity contribution in [2.45, 2.75) is 83.5 Å². The van der Waals surface area contributed by atoms with Crippen LogP contribution in [0.1, 0.15) is 89.0 Å². The Kier molecular flexibility index (Phi) is 6.02. The second kappa shape index (κ2) is 8.22. The first-order chi connectivity index (χ1) is 11.2. The van der Waals surface area contributed by atoms with E-state index < -0.39 is 0 Å². The van der Waals surface area contributed by atoms with Gasteiger partial charge in [0.25, 0.3) is 0 Å². The van der Waals surface area contributed by atoms with Crippen LogP contribution in [0.15, 0.2) is 24.3 Å². The van der Waals surface area contributed by atoms with Crippen molar-refractivity contribution in [3.63, 3.8) is 0 Å². The van der Waals surface area contributed by atoms with E-state index in [9.17, 15) is 0 Å². The Balaban J connectivity index is 1.40. The number of anilines is 1. The molecule has 23 heavy (non-hydrogen) atoms. The Hall–Kier alpha value is -0.980. The van der Waals surface area contributed by atoms with Crippen molar-refractivity contribution < 1.29 is 0 Å². The highest BCUT2D eigenvalue weighted by Gasteiger charge is 2.27. The average Bonchev–Trinajstić information content (AvgIpc) is 2.58. The molecule has 0 aromatic heterocycles. The van der Waals surface area contributed by atoms with Crippen LogP contribution in [-0.4, -0.2) is 0 Å². The predicted octanol–water partition coefficient (Wildman–Crippen LogP) is 6.54. The molecule has 0 radical (unpaired) electrons. The van der Waals surface area contributed by atoms with Crippen molar-refractivity contribution in [3.8, 4) is 0 Å². The minimum Gasteiger partial charge on any atom is -0.399 e. The maximum absolute atomic E-state index is 5.81. The first-order valence-corrected chi connectivity index (χ1v) is 10.1. The van der Waals surface area contributed by atoms with Gasteiger partial charge in [-0.15, -0.1) is 0 Å². The summed E-state index contributed by atoms with van der Waals surface area (Å²) in [5, 5.41) is 0. The van der Waals surface area contributed by atoms with Crippen LogP contribution in [0.3, 0.4) is 0 Å². The Morgan fingerprint density at radius 1 is 0.783 bits per heavy atom. The second-order valence-electron chi connectivity index (χ2n) is 8.30. The lowest BCUT2D eigenvalue weighted by atomic mass is 9.72. The number of benzene rings is 1. The van der Waals surface area contributed by atoms with E-state index in [2.05, 4.69) is 31.2 Å². The van der Waals surface area contributed by atoms with Crippen LogP contribution in [0.2, 0.25) is 0 Å². The molecule has 0 unspecified atom stereocenters. The minimum absolute atomic E-state index is 0.784. The summed E-state index contributed by atoms with van der Waals surface area (Å²) in [6.07, 6.45) is 16.1. The van der Waals surface area contributed by atoms with Gasteiger partial charge in [-0.05, 0) is 73.5 Å². The fraction of sp³-hybridized carbons (Fsp3) is 0.727. The highest BCUT2D eigenvalue weighted by molar-refractivity contribution is 5.40. The van der Waals surface area contributed by atoms with Crippen LogP contribution in [0.4, 0.5) is 5.69 Å². The zero-order chi connectivity index (χ0) is 16.1. The molecule has 128 valence electrons. The molecule has 2 N–H and O–H groups in total. The Morgan fingerprint density at radius 2 is 1.30 bits per heavy atom. The van der Waals surface area contributed by atoms with Crippen LogP contribution in [0, 0.1) is 17.8 Å². The lowest BCUT2D eigenvalue weighted by molar-refractivity contribution is 0.200. The van der Waals surface area contributed by atoms with E-state index in [-0.39, 0.29) is 0 Å². The van der Waals surface area contributed by atoms with Crippen LogP contribution in [-0.2, 0) is 0 Å². The summed E-state index contributed by atoms with van der Waals surface area (Å²) in [5.74, 6) is 3.89. The van der Waals surface area contributed by atoms with Crippen LogP contribution < -0.4 is 5.73 Å². The summed E-state index contributed by atoms with van der Waals surface area (Å²) in [7, 11) is 0. The molecule has 3 rings (SSSR count). The van der Waals surface area contributed by atoms with Crippen molar-refractivity contribution in [1.82, 2.24) is 0 Å². The van der Waals surface area contributed by atoms with E-state index in [1.165, 1.54) is 76.2 Å². The number of hydrogen-bond donors (Lipinski definition) is 1. The SMILES string of the molecule is CCCC1CCC(CC2CCC(c3ccc(N)cc3)CC2)CC1. The smallest absolute Gasteiger partial charge is 0.0314 e. The van der Waals surface area contributed by atoms with E-state index in [0.29, 0.717) is 0 Å². The molecule has 1 aromatic carbocycles. The van der Waals surface area contributed by atoms with Gasteiger partial charge in [-0.3, -0.25) is 0 Å². The summed E-state index contributed by atoms with van der Waals surface area (Å²) < 4.78 is 0. The first-order valence-electron chi connectivity index (χ1n) is 10.1. The normalized spacial score (nSPS) is 31.9. The summed E-state index contributed by atoms with van der Waals surface area (Å²) in [6, 6.07) is 8.62. The quantitative estimate of drug-likeness (QED) is 0.614. The van der Waals surface area contributed by atoms with E-state index in [4.69, 9.17) is 5.73 Å². The highest BCUT2D eigenvalue weighted by Crippen LogP contribution is 2.41. The lowest BCUT2D eigenvalue weighted by Crippen LogP contribution is -2.20. The van der Waals surface area contributed by atoms with Gasteiger partial charge in [-0.1, -0.05) is 57.6 Å². The molecule has 2 fully saturated rings. The van der Waals surface area contributed by atoms with E-state index >= 15 is 0 Å². The fourth-order valence-corrected chi connectivity index (χ4v) is 5.14. The van der Waals surface area contributed by atoms with Crippen molar-refractivity contribution in [1.29, 1.82) is 0 Å². The Bertz CT molecular complexity index is 447. The zero-order valence-electron chi connectivity index (χ0n) is 15.0. The third kappa shape index (κ3) is 4.75. The van der Waals surface area contributed by atoms with Gasteiger partial charge in [0, 0.05) is 5.69 Å². The van der Waals surface area contributed by atoms with Gasteiger partial charge in [-0.2, -0.15) is 0 Å². The van der Waals surface area contributed by atoms with Gasteiger partial charge in [0.1, 0.15) is 0 Å². The summed E-state index contributed by atoms with van der Waals surface area (Å²) in [5.41, 5.74) is 8.21. The van der Waals surface area contributed by atoms with Gasteiger partial charge < -0.3 is 5.73 Å². The summed E-state index contributed by atoms with van der Waals surface area (Å²) in [6.45, 7) is 2.34. The van der Waals surface area contributed by atoms with E-state index in [1.807, 2.05) is 0 Å². The number of hydrogen-bond acceptors (Lipinski definition) is 1. The molecule has 0 amide bonds. The zero-order valence-corrected chi connectivity index (χ0v) is 15.0. The molecule has 0 saturated heterocycles. The third-order valence-electron chi connectivity index (χ3n) is 6.58. The molecular weight excluding hydrogens is 278 g/mol. The lowest BCUT2D eigenvalue weighted by Gasteiger charge is -2.34. The summed E-state index contributed by atoms with van der Waals surface area (Å²) >= 11 is 0. The van der Waals surface area contributed by atoms with Gasteiger partial charge in [0.2, 0.25) is 0 Å². The van der Waals surface area contributed by atoms with Gasteiger partial charge in [0.15, 0.2) is 0 Å². The van der Waals surface area contributed by atoms with Crippen LogP contribution in [0.5, 0.6) is 0 Å². The van der Waals surface area contributed by atoms with Crippen LogP contribution in [0.25, 0.3) is 0 Å². The average molecular weight is 314 g/mol. The predicted molar refractivity (Wildman–Crippen MR) is 101 cm³/mol. The molecule has 2 saturated carbocycles. The topological polar surface area (TPSA) is 26.0 Å². The Morgan fingerprint density at radius 3 is 1.87 bits per heavy atom. The number of nitrogen functional groups attached to an aromatic ring is 1. The van der Waals surface area contributed by atoms with Crippen molar-refractivity contribution >= 4 is 5.69 Å². The molecule has 0 spiro atoms. The molecule has 0 atom stereocenters.